The molecule has 0 atom stereocenters. The third-order valence-electron chi connectivity index (χ3n) is 3.68. The molecular formula is C17H16N2O4S2. The minimum atomic E-state index is -0.0962. The summed E-state index contributed by atoms with van der Waals surface area (Å²) in [7, 11) is 4.73. The molecule has 0 N–H and O–H groups in total. The molecule has 130 valence electrons. The first-order chi connectivity index (χ1) is 12.0. The van der Waals surface area contributed by atoms with Crippen molar-refractivity contribution in [2.75, 3.05) is 20.0 Å². The Morgan fingerprint density at radius 1 is 1.24 bits per heavy atom. The topological polar surface area (TPSA) is 70.4 Å². The van der Waals surface area contributed by atoms with Gasteiger partial charge in [0.15, 0.2) is 22.4 Å². The molecule has 0 aliphatic heterocycles. The Balaban J connectivity index is 1.81. The van der Waals surface area contributed by atoms with Crippen LogP contribution in [-0.4, -0.2) is 35.3 Å². The molecule has 0 saturated heterocycles. The van der Waals surface area contributed by atoms with E-state index in [2.05, 4.69) is 4.98 Å². The molecule has 0 saturated carbocycles. The van der Waals surface area contributed by atoms with Gasteiger partial charge in [0.05, 0.1) is 25.5 Å². The Hall–Kier alpha value is -2.32. The van der Waals surface area contributed by atoms with Gasteiger partial charge < -0.3 is 9.47 Å². The number of carbonyl (C=O) groups is 1. The quantitative estimate of drug-likeness (QED) is 0.374. The van der Waals surface area contributed by atoms with Gasteiger partial charge >= 0.3 is 0 Å². The van der Waals surface area contributed by atoms with E-state index in [0.29, 0.717) is 32.4 Å². The van der Waals surface area contributed by atoms with Crippen LogP contribution in [0.1, 0.15) is 10.4 Å². The van der Waals surface area contributed by atoms with Crippen LogP contribution in [0.4, 0.5) is 0 Å². The molecule has 0 amide bonds. The average Bonchev–Trinajstić information content (AvgIpc) is 3.11. The lowest BCUT2D eigenvalue weighted by Crippen LogP contribution is -2.19. The number of nitrogens with zero attached hydrogens (tertiary/aromatic N) is 2. The van der Waals surface area contributed by atoms with Crippen molar-refractivity contribution in [3.05, 3.63) is 45.6 Å². The van der Waals surface area contributed by atoms with Crippen LogP contribution in [0.5, 0.6) is 11.5 Å². The second-order valence-electron chi connectivity index (χ2n) is 5.18. The Morgan fingerprint density at radius 3 is 2.72 bits per heavy atom. The van der Waals surface area contributed by atoms with E-state index in [-0.39, 0.29) is 17.1 Å². The number of Topliss-reactive ketones (excluding diaryl/α,β-unsaturated/α-hetero) is 1. The minimum Gasteiger partial charge on any atom is -0.493 e. The molecule has 6 nitrogen and oxygen atoms in total. The number of fused-ring (bicyclic) bond motifs is 1. The van der Waals surface area contributed by atoms with Crippen LogP contribution in [-0.2, 0) is 7.05 Å². The summed E-state index contributed by atoms with van der Waals surface area (Å²) in [6, 6.07) is 6.85. The SMILES string of the molecule is COc1ccc(C(=O)CSc2nc3ccsc3c(=O)n2C)cc1OC. The van der Waals surface area contributed by atoms with Crippen LogP contribution in [0.15, 0.2) is 39.6 Å². The Kier molecular flexibility index (Phi) is 5.10. The molecule has 2 aromatic heterocycles. The molecule has 3 rings (SSSR count). The minimum absolute atomic E-state index is 0.0781. The molecule has 0 aliphatic carbocycles. The molecular weight excluding hydrogens is 360 g/mol. The van der Waals surface area contributed by atoms with Gasteiger partial charge in [0.1, 0.15) is 4.70 Å². The number of thioether (sulfide) groups is 1. The first-order valence-electron chi connectivity index (χ1n) is 7.37. The summed E-state index contributed by atoms with van der Waals surface area (Å²) >= 11 is 2.61. The van der Waals surface area contributed by atoms with Crippen molar-refractivity contribution < 1.29 is 14.3 Å². The van der Waals surface area contributed by atoms with E-state index >= 15 is 0 Å². The maximum absolute atomic E-state index is 12.5. The van der Waals surface area contributed by atoms with Crippen LogP contribution < -0.4 is 15.0 Å². The monoisotopic (exact) mass is 376 g/mol. The van der Waals surface area contributed by atoms with Crippen LogP contribution in [0.25, 0.3) is 10.2 Å². The molecule has 25 heavy (non-hydrogen) atoms. The van der Waals surface area contributed by atoms with E-state index in [1.165, 1.54) is 34.8 Å². The van der Waals surface area contributed by atoms with Crippen molar-refractivity contribution in [3.63, 3.8) is 0 Å². The van der Waals surface area contributed by atoms with E-state index in [0.717, 1.165) is 0 Å². The van der Waals surface area contributed by atoms with Gasteiger partial charge in [-0.05, 0) is 29.6 Å². The number of carbonyl (C=O) groups excluding carboxylic acids is 1. The fraction of sp³-hybridized carbons (Fsp3) is 0.235. The van der Waals surface area contributed by atoms with Crippen LogP contribution >= 0.6 is 23.1 Å². The first-order valence-corrected chi connectivity index (χ1v) is 9.24. The Bertz CT molecular complexity index is 994. The molecule has 0 radical (unpaired) electrons. The van der Waals surface area contributed by atoms with E-state index in [1.54, 1.807) is 32.4 Å². The third-order valence-corrected chi connectivity index (χ3v) is 5.61. The van der Waals surface area contributed by atoms with E-state index < -0.39 is 0 Å². The summed E-state index contributed by atoms with van der Waals surface area (Å²) in [5.41, 5.74) is 1.09. The van der Waals surface area contributed by atoms with Gasteiger partial charge in [0, 0.05) is 12.6 Å². The van der Waals surface area contributed by atoms with Gasteiger partial charge in [-0.3, -0.25) is 14.2 Å². The number of hydrogen-bond acceptors (Lipinski definition) is 7. The lowest BCUT2D eigenvalue weighted by Gasteiger charge is -2.09. The standard InChI is InChI=1S/C17H16N2O4S2/c1-19-16(21)15-11(6-7-24-15)18-17(19)25-9-12(20)10-4-5-13(22-2)14(8-10)23-3/h4-8H,9H2,1-3H3. The fourth-order valence-electron chi connectivity index (χ4n) is 2.32. The molecule has 0 bridgehead atoms. The third kappa shape index (κ3) is 3.40. The number of benzene rings is 1. The maximum atomic E-state index is 12.5. The van der Waals surface area contributed by atoms with Gasteiger partial charge in [-0.15, -0.1) is 11.3 Å². The van der Waals surface area contributed by atoms with Crippen LogP contribution in [0.2, 0.25) is 0 Å². The predicted molar refractivity (Wildman–Crippen MR) is 99.5 cm³/mol. The number of aromatic nitrogens is 2. The summed E-state index contributed by atoms with van der Waals surface area (Å²) in [5.74, 6) is 1.17. The molecule has 0 spiro atoms. The highest BCUT2D eigenvalue weighted by molar-refractivity contribution is 7.99. The van der Waals surface area contributed by atoms with Crippen molar-refractivity contribution in [3.8, 4) is 11.5 Å². The number of thiophene rings is 1. The van der Waals surface area contributed by atoms with Gasteiger partial charge in [-0.25, -0.2) is 4.98 Å². The smallest absolute Gasteiger partial charge is 0.271 e. The predicted octanol–water partition coefficient (Wildman–Crippen LogP) is 2.99. The summed E-state index contributed by atoms with van der Waals surface area (Å²) < 4.78 is 12.5. The van der Waals surface area contributed by atoms with Crippen molar-refractivity contribution in [2.24, 2.45) is 7.05 Å². The van der Waals surface area contributed by atoms with Gasteiger partial charge in [0.25, 0.3) is 5.56 Å². The summed E-state index contributed by atoms with van der Waals surface area (Å²) in [6.45, 7) is 0. The zero-order chi connectivity index (χ0) is 18.0. The number of ketones is 1. The van der Waals surface area contributed by atoms with Gasteiger partial charge in [0.2, 0.25) is 0 Å². The second kappa shape index (κ2) is 7.28. The average molecular weight is 376 g/mol. The van der Waals surface area contributed by atoms with E-state index in [4.69, 9.17) is 9.47 Å². The highest BCUT2D eigenvalue weighted by Gasteiger charge is 2.14. The lowest BCUT2D eigenvalue weighted by atomic mass is 10.1. The Morgan fingerprint density at radius 2 is 2.00 bits per heavy atom. The maximum Gasteiger partial charge on any atom is 0.271 e. The van der Waals surface area contributed by atoms with E-state index in [1.807, 2.05) is 11.4 Å². The van der Waals surface area contributed by atoms with Crippen molar-refractivity contribution in [1.29, 1.82) is 0 Å². The number of ether oxygens (including phenoxy) is 2. The largest absolute Gasteiger partial charge is 0.493 e. The number of methoxy groups -OCH3 is 2. The highest BCUT2D eigenvalue weighted by Crippen LogP contribution is 2.28. The van der Waals surface area contributed by atoms with Crippen LogP contribution in [0, 0.1) is 0 Å². The second-order valence-corrected chi connectivity index (χ2v) is 7.03. The van der Waals surface area contributed by atoms with E-state index in [9.17, 15) is 9.59 Å². The zero-order valence-electron chi connectivity index (χ0n) is 13.9. The summed E-state index contributed by atoms with van der Waals surface area (Å²) in [4.78, 5) is 29.2. The van der Waals surface area contributed by atoms with Crippen molar-refractivity contribution >= 4 is 39.1 Å². The van der Waals surface area contributed by atoms with Crippen LogP contribution in [0.3, 0.4) is 0 Å². The van der Waals surface area contributed by atoms with Gasteiger partial charge in [-0.2, -0.15) is 0 Å². The Labute approximate surface area is 152 Å². The lowest BCUT2D eigenvalue weighted by molar-refractivity contribution is 0.102. The normalized spacial score (nSPS) is 10.8. The van der Waals surface area contributed by atoms with Gasteiger partial charge in [-0.1, -0.05) is 11.8 Å². The fourth-order valence-corrected chi connectivity index (χ4v) is 3.99. The van der Waals surface area contributed by atoms with Crippen molar-refractivity contribution in [1.82, 2.24) is 9.55 Å². The number of hydrogen-bond donors (Lipinski definition) is 0. The molecule has 0 fully saturated rings. The molecule has 0 aliphatic rings. The summed E-state index contributed by atoms with van der Waals surface area (Å²) in [6.07, 6.45) is 0. The molecule has 8 heteroatoms. The number of rotatable bonds is 6. The molecule has 3 aromatic rings. The first kappa shape index (κ1) is 17.5. The summed E-state index contributed by atoms with van der Waals surface area (Å²) in [5, 5.41) is 2.35. The molecule has 2 heterocycles. The molecule has 1 aromatic carbocycles. The zero-order valence-corrected chi connectivity index (χ0v) is 15.6. The van der Waals surface area contributed by atoms with Crippen molar-refractivity contribution in [2.45, 2.75) is 5.16 Å². The highest BCUT2D eigenvalue weighted by atomic mass is 32.2. The molecule has 0 unspecified atom stereocenters.